The lowest BCUT2D eigenvalue weighted by molar-refractivity contribution is 0.0513. The summed E-state index contributed by atoms with van der Waals surface area (Å²) in [6.07, 6.45) is 1.50. The average molecular weight is 408 g/mol. The zero-order valence-corrected chi connectivity index (χ0v) is 16.6. The maximum Gasteiger partial charge on any atom is 0.338 e. The Morgan fingerprint density at radius 2 is 1.93 bits per heavy atom. The van der Waals surface area contributed by atoms with Gasteiger partial charge in [-0.05, 0) is 65.2 Å². The van der Waals surface area contributed by atoms with Crippen LogP contribution in [0.1, 0.15) is 33.9 Å². The third-order valence-electron chi connectivity index (χ3n) is 5.12. The van der Waals surface area contributed by atoms with E-state index in [0.29, 0.717) is 23.6 Å². The van der Waals surface area contributed by atoms with Crippen LogP contribution in [-0.4, -0.2) is 24.2 Å². The van der Waals surface area contributed by atoms with Gasteiger partial charge in [-0.15, -0.1) is 0 Å². The van der Waals surface area contributed by atoms with Crippen LogP contribution < -0.4 is 10.6 Å². The number of benzene rings is 3. The number of nitrogens with one attached hydrogen (secondary N) is 2. The van der Waals surface area contributed by atoms with Crippen molar-refractivity contribution in [3.63, 3.8) is 0 Å². The predicted octanol–water partition coefficient (Wildman–Crippen LogP) is 4.29. The fourth-order valence-electron chi connectivity index (χ4n) is 3.68. The normalized spacial score (nSPS) is 15.0. The van der Waals surface area contributed by atoms with Crippen molar-refractivity contribution in [2.75, 3.05) is 13.2 Å². The summed E-state index contributed by atoms with van der Waals surface area (Å²) in [5.74, 6) is -0.525. The molecule has 1 unspecified atom stereocenters. The predicted molar refractivity (Wildman–Crippen MR) is 115 cm³/mol. The summed E-state index contributed by atoms with van der Waals surface area (Å²) in [5, 5.41) is 8.80. The molecule has 0 heterocycles. The third-order valence-corrected chi connectivity index (χ3v) is 5.39. The summed E-state index contributed by atoms with van der Waals surface area (Å²) in [6, 6.07) is 18.5. The van der Waals surface area contributed by atoms with Crippen molar-refractivity contribution >= 4 is 34.1 Å². The molecule has 0 saturated heterocycles. The number of carbonyl (C=O) groups is 1. The second-order valence-electron chi connectivity index (χ2n) is 7.00. The van der Waals surface area contributed by atoms with E-state index in [-0.39, 0.29) is 24.4 Å². The van der Waals surface area contributed by atoms with Crippen LogP contribution in [-0.2, 0) is 11.2 Å². The molecule has 2 N–H and O–H groups in total. The van der Waals surface area contributed by atoms with Gasteiger partial charge in [-0.3, -0.25) is 0 Å². The van der Waals surface area contributed by atoms with Crippen LogP contribution >= 0.6 is 12.2 Å². The van der Waals surface area contributed by atoms with Crippen LogP contribution in [0.3, 0.4) is 0 Å². The molecule has 0 radical (unpaired) electrons. The Kier molecular flexibility index (Phi) is 5.71. The first-order valence-corrected chi connectivity index (χ1v) is 10.0. The molecule has 0 bridgehead atoms. The molecule has 0 saturated carbocycles. The molecule has 3 aromatic carbocycles. The zero-order valence-electron chi connectivity index (χ0n) is 15.8. The van der Waals surface area contributed by atoms with Gasteiger partial charge in [0, 0.05) is 0 Å². The molecule has 1 aliphatic carbocycles. The van der Waals surface area contributed by atoms with Gasteiger partial charge in [-0.2, -0.15) is 0 Å². The summed E-state index contributed by atoms with van der Waals surface area (Å²) in [7, 11) is 0. The number of fused-ring (bicyclic) bond motifs is 2. The molecular formula is C23H21FN2O2S. The number of hydrogen-bond acceptors (Lipinski definition) is 3. The zero-order chi connectivity index (χ0) is 20.2. The quantitative estimate of drug-likeness (QED) is 0.375. The molecular weight excluding hydrogens is 387 g/mol. The lowest BCUT2D eigenvalue weighted by atomic mass is 10.1. The molecule has 6 heteroatoms. The molecule has 4 nitrogen and oxygen atoms in total. The van der Waals surface area contributed by atoms with Gasteiger partial charge in [0.05, 0.1) is 18.2 Å². The Hall–Kier alpha value is -2.99. The van der Waals surface area contributed by atoms with Crippen molar-refractivity contribution in [1.29, 1.82) is 0 Å². The van der Waals surface area contributed by atoms with Gasteiger partial charge < -0.3 is 15.4 Å². The fourth-order valence-corrected chi connectivity index (χ4v) is 3.92. The van der Waals surface area contributed by atoms with Gasteiger partial charge in [-0.1, -0.05) is 42.5 Å². The highest BCUT2D eigenvalue weighted by Gasteiger charge is 2.25. The van der Waals surface area contributed by atoms with Gasteiger partial charge >= 0.3 is 5.97 Å². The molecule has 0 amide bonds. The first-order chi connectivity index (χ1) is 14.1. The molecule has 0 aliphatic heterocycles. The van der Waals surface area contributed by atoms with E-state index in [1.807, 2.05) is 42.5 Å². The molecule has 3 aromatic rings. The van der Waals surface area contributed by atoms with Crippen molar-refractivity contribution in [3.8, 4) is 0 Å². The van der Waals surface area contributed by atoms with E-state index in [1.54, 1.807) is 12.1 Å². The van der Waals surface area contributed by atoms with E-state index in [4.69, 9.17) is 17.0 Å². The number of thiocarbonyl (C=S) groups is 1. The van der Waals surface area contributed by atoms with E-state index in [1.165, 1.54) is 6.07 Å². The first-order valence-electron chi connectivity index (χ1n) is 9.59. The maximum absolute atomic E-state index is 13.8. The Morgan fingerprint density at radius 3 is 2.79 bits per heavy atom. The summed E-state index contributed by atoms with van der Waals surface area (Å²) in [4.78, 5) is 12.2. The Balaban J connectivity index is 1.24. The standard InChI is InChI=1S/C23H21FN2O2S/c24-20-7-3-6-19-18(20)10-11-21(19)26-23(29)25-12-13-28-22(27)17-9-8-15-4-1-2-5-16(15)14-17/h1-9,14,21H,10-13H2,(H2,25,26,29). The van der Waals surface area contributed by atoms with Gasteiger partial charge in [0.15, 0.2) is 5.11 Å². The summed E-state index contributed by atoms with van der Waals surface area (Å²) in [5.41, 5.74) is 2.24. The van der Waals surface area contributed by atoms with E-state index in [2.05, 4.69) is 10.6 Å². The fraction of sp³-hybridized carbons (Fsp3) is 0.217. The number of carbonyl (C=O) groups excluding carboxylic acids is 1. The minimum Gasteiger partial charge on any atom is -0.460 e. The molecule has 29 heavy (non-hydrogen) atoms. The highest BCUT2D eigenvalue weighted by Crippen LogP contribution is 2.32. The van der Waals surface area contributed by atoms with Gasteiger partial charge in [0.25, 0.3) is 0 Å². The number of halogens is 1. The number of rotatable bonds is 5. The second kappa shape index (κ2) is 8.57. The Labute approximate surface area is 174 Å². The third kappa shape index (κ3) is 4.38. The minimum atomic E-state index is -0.364. The Bertz CT molecular complexity index is 1070. The van der Waals surface area contributed by atoms with E-state index >= 15 is 0 Å². The molecule has 0 aromatic heterocycles. The Morgan fingerprint density at radius 1 is 1.10 bits per heavy atom. The number of esters is 1. The van der Waals surface area contributed by atoms with Crippen LogP contribution in [0, 0.1) is 5.82 Å². The molecule has 1 aliphatic rings. The van der Waals surface area contributed by atoms with E-state index < -0.39 is 0 Å². The van der Waals surface area contributed by atoms with Crippen molar-refractivity contribution in [3.05, 3.63) is 83.2 Å². The van der Waals surface area contributed by atoms with Gasteiger partial charge in [-0.25, -0.2) is 9.18 Å². The van der Waals surface area contributed by atoms with E-state index in [9.17, 15) is 9.18 Å². The topological polar surface area (TPSA) is 50.4 Å². The van der Waals surface area contributed by atoms with Crippen LogP contribution in [0.2, 0.25) is 0 Å². The lowest BCUT2D eigenvalue weighted by Crippen LogP contribution is -2.38. The highest BCUT2D eigenvalue weighted by atomic mass is 32.1. The molecule has 148 valence electrons. The number of hydrogen-bond donors (Lipinski definition) is 2. The maximum atomic E-state index is 13.8. The van der Waals surface area contributed by atoms with Gasteiger partial charge in [0.2, 0.25) is 0 Å². The summed E-state index contributed by atoms with van der Waals surface area (Å²) >= 11 is 5.32. The first kappa shape index (κ1) is 19.3. The molecule has 0 spiro atoms. The van der Waals surface area contributed by atoms with Crippen LogP contribution in [0.5, 0.6) is 0 Å². The number of ether oxygens (including phenoxy) is 1. The lowest BCUT2D eigenvalue weighted by Gasteiger charge is -2.17. The summed E-state index contributed by atoms with van der Waals surface area (Å²) < 4.78 is 19.2. The molecule has 0 fully saturated rings. The van der Waals surface area contributed by atoms with Gasteiger partial charge in [0.1, 0.15) is 12.4 Å². The highest BCUT2D eigenvalue weighted by molar-refractivity contribution is 7.80. The minimum absolute atomic E-state index is 0.000787. The average Bonchev–Trinajstić information content (AvgIpc) is 3.14. The summed E-state index contributed by atoms with van der Waals surface area (Å²) in [6.45, 7) is 0.594. The van der Waals surface area contributed by atoms with Crippen molar-refractivity contribution in [2.45, 2.75) is 18.9 Å². The smallest absolute Gasteiger partial charge is 0.338 e. The molecule has 4 rings (SSSR count). The van der Waals surface area contributed by atoms with E-state index in [0.717, 1.165) is 28.3 Å². The van der Waals surface area contributed by atoms with Crippen molar-refractivity contribution in [1.82, 2.24) is 10.6 Å². The second-order valence-corrected chi connectivity index (χ2v) is 7.41. The SMILES string of the molecule is O=C(OCCNC(=S)NC1CCc2c(F)cccc21)c1ccc2ccccc2c1. The largest absolute Gasteiger partial charge is 0.460 e. The van der Waals surface area contributed by atoms with Crippen molar-refractivity contribution < 1.29 is 13.9 Å². The van der Waals surface area contributed by atoms with Crippen LogP contribution in [0.25, 0.3) is 10.8 Å². The monoisotopic (exact) mass is 408 g/mol. The van der Waals surface area contributed by atoms with Crippen LogP contribution in [0.4, 0.5) is 4.39 Å². The molecule has 1 atom stereocenters. The van der Waals surface area contributed by atoms with Crippen molar-refractivity contribution in [2.24, 2.45) is 0 Å². The van der Waals surface area contributed by atoms with Crippen LogP contribution in [0.15, 0.2) is 60.7 Å².